The molecule has 2 aromatic rings. The summed E-state index contributed by atoms with van der Waals surface area (Å²) in [5.74, 6) is 0. The summed E-state index contributed by atoms with van der Waals surface area (Å²) in [6, 6.07) is 8.02. The number of aromatic nitrogens is 2. The molecule has 21 heavy (non-hydrogen) atoms. The van der Waals surface area contributed by atoms with Crippen LogP contribution in [-0.2, 0) is 6.54 Å². The Bertz CT molecular complexity index is 578. The summed E-state index contributed by atoms with van der Waals surface area (Å²) >= 11 is 11.7. The Morgan fingerprint density at radius 2 is 1.62 bits per heavy atom. The van der Waals surface area contributed by atoms with Crippen molar-refractivity contribution in [3.05, 3.63) is 52.5 Å². The number of piperazine rings is 1. The zero-order chi connectivity index (χ0) is 14.7. The highest BCUT2D eigenvalue weighted by Crippen LogP contribution is 2.19. The van der Waals surface area contributed by atoms with Crippen molar-refractivity contribution in [2.75, 3.05) is 31.1 Å². The molecule has 0 radical (unpaired) electrons. The number of halogens is 2. The Balaban J connectivity index is 1.55. The molecule has 1 saturated heterocycles. The molecule has 1 aromatic heterocycles. The van der Waals surface area contributed by atoms with E-state index in [0.29, 0.717) is 5.15 Å². The predicted molar refractivity (Wildman–Crippen MR) is 86.0 cm³/mol. The minimum Gasteiger partial charge on any atom is -0.369 e. The summed E-state index contributed by atoms with van der Waals surface area (Å²) in [5, 5.41) is 1.21. The zero-order valence-electron chi connectivity index (χ0n) is 11.5. The summed E-state index contributed by atoms with van der Waals surface area (Å²) in [6.45, 7) is 4.84. The minimum absolute atomic E-state index is 0.436. The van der Waals surface area contributed by atoms with Crippen LogP contribution in [0.4, 0.5) is 5.69 Å². The van der Waals surface area contributed by atoms with Gasteiger partial charge in [-0.3, -0.25) is 9.88 Å². The maximum atomic E-state index is 5.93. The molecule has 0 saturated carbocycles. The number of anilines is 1. The van der Waals surface area contributed by atoms with Gasteiger partial charge in [-0.1, -0.05) is 23.2 Å². The number of hydrogen-bond donors (Lipinski definition) is 0. The maximum Gasteiger partial charge on any atom is 0.147 e. The van der Waals surface area contributed by atoms with E-state index in [1.807, 2.05) is 12.1 Å². The van der Waals surface area contributed by atoms with Crippen LogP contribution in [0.25, 0.3) is 0 Å². The standard InChI is InChI=1S/C15H16Cl2N4/c16-12-1-3-14(4-2-12)21-7-5-20(6-8-21)11-13-9-19-15(17)10-18-13/h1-4,9-10H,5-8,11H2. The molecule has 0 atom stereocenters. The fraction of sp³-hybridized carbons (Fsp3) is 0.333. The smallest absolute Gasteiger partial charge is 0.147 e. The minimum atomic E-state index is 0.436. The topological polar surface area (TPSA) is 32.3 Å². The summed E-state index contributed by atoms with van der Waals surface area (Å²) in [6.07, 6.45) is 3.34. The summed E-state index contributed by atoms with van der Waals surface area (Å²) in [5.41, 5.74) is 2.18. The van der Waals surface area contributed by atoms with Crippen LogP contribution in [0.2, 0.25) is 10.2 Å². The monoisotopic (exact) mass is 322 g/mol. The highest BCUT2D eigenvalue weighted by molar-refractivity contribution is 6.30. The van der Waals surface area contributed by atoms with Crippen molar-refractivity contribution >= 4 is 28.9 Å². The molecule has 1 aromatic carbocycles. The van der Waals surface area contributed by atoms with E-state index in [9.17, 15) is 0 Å². The molecular weight excluding hydrogens is 307 g/mol. The van der Waals surface area contributed by atoms with Gasteiger partial charge in [-0.25, -0.2) is 4.98 Å². The first-order valence-corrected chi connectivity index (χ1v) is 7.65. The van der Waals surface area contributed by atoms with Crippen molar-refractivity contribution in [2.24, 2.45) is 0 Å². The predicted octanol–water partition coefficient (Wildman–Crippen LogP) is 3.11. The van der Waals surface area contributed by atoms with Gasteiger partial charge in [-0.15, -0.1) is 0 Å². The van der Waals surface area contributed by atoms with E-state index in [-0.39, 0.29) is 0 Å². The van der Waals surface area contributed by atoms with Gasteiger partial charge in [0.1, 0.15) is 5.15 Å². The van der Waals surface area contributed by atoms with Gasteiger partial charge >= 0.3 is 0 Å². The molecule has 1 fully saturated rings. The average molecular weight is 323 g/mol. The lowest BCUT2D eigenvalue weighted by Crippen LogP contribution is -2.46. The Hall–Kier alpha value is -1.36. The molecule has 0 amide bonds. The zero-order valence-corrected chi connectivity index (χ0v) is 13.1. The van der Waals surface area contributed by atoms with Crippen molar-refractivity contribution in [1.29, 1.82) is 0 Å². The largest absolute Gasteiger partial charge is 0.369 e. The third-order valence-corrected chi connectivity index (χ3v) is 4.07. The van der Waals surface area contributed by atoms with Crippen LogP contribution in [0.15, 0.2) is 36.7 Å². The summed E-state index contributed by atoms with van der Waals surface area (Å²) in [4.78, 5) is 13.1. The van der Waals surface area contributed by atoms with Gasteiger partial charge in [0, 0.05) is 43.4 Å². The van der Waals surface area contributed by atoms with Crippen LogP contribution in [-0.4, -0.2) is 41.0 Å². The van der Waals surface area contributed by atoms with Crippen LogP contribution in [0.3, 0.4) is 0 Å². The first-order chi connectivity index (χ1) is 10.2. The van der Waals surface area contributed by atoms with Gasteiger partial charge in [0.25, 0.3) is 0 Å². The van der Waals surface area contributed by atoms with Gasteiger partial charge in [0.05, 0.1) is 18.1 Å². The second kappa shape index (κ2) is 6.60. The van der Waals surface area contributed by atoms with Crippen molar-refractivity contribution < 1.29 is 0 Å². The molecule has 110 valence electrons. The molecule has 0 spiro atoms. The Labute approximate surface area is 134 Å². The number of nitrogens with zero attached hydrogens (tertiary/aromatic N) is 4. The van der Waals surface area contributed by atoms with Gasteiger partial charge < -0.3 is 4.90 Å². The van der Waals surface area contributed by atoms with Gasteiger partial charge in [-0.05, 0) is 24.3 Å². The molecule has 1 aliphatic heterocycles. The van der Waals surface area contributed by atoms with E-state index >= 15 is 0 Å². The number of rotatable bonds is 3. The van der Waals surface area contributed by atoms with Crippen molar-refractivity contribution in [3.8, 4) is 0 Å². The number of benzene rings is 1. The second-order valence-electron chi connectivity index (χ2n) is 5.07. The molecule has 0 aliphatic carbocycles. The fourth-order valence-electron chi connectivity index (χ4n) is 2.47. The molecule has 0 N–H and O–H groups in total. The third-order valence-electron chi connectivity index (χ3n) is 3.62. The lowest BCUT2D eigenvalue weighted by atomic mass is 10.2. The molecule has 4 nitrogen and oxygen atoms in total. The molecule has 1 aliphatic rings. The van der Waals surface area contributed by atoms with E-state index in [4.69, 9.17) is 23.2 Å². The van der Waals surface area contributed by atoms with E-state index in [2.05, 4.69) is 31.9 Å². The van der Waals surface area contributed by atoms with Crippen molar-refractivity contribution in [2.45, 2.75) is 6.54 Å². The lowest BCUT2D eigenvalue weighted by molar-refractivity contribution is 0.247. The highest BCUT2D eigenvalue weighted by Gasteiger charge is 2.17. The third kappa shape index (κ3) is 3.84. The molecular formula is C15H16Cl2N4. The van der Waals surface area contributed by atoms with Crippen molar-refractivity contribution in [1.82, 2.24) is 14.9 Å². The SMILES string of the molecule is Clc1ccc(N2CCN(Cc3cnc(Cl)cn3)CC2)cc1. The van der Waals surface area contributed by atoms with Crippen LogP contribution >= 0.6 is 23.2 Å². The first-order valence-electron chi connectivity index (χ1n) is 6.90. The average Bonchev–Trinajstić information content (AvgIpc) is 2.51. The first kappa shape index (κ1) is 14.6. The quantitative estimate of drug-likeness (QED) is 0.869. The van der Waals surface area contributed by atoms with Crippen molar-refractivity contribution in [3.63, 3.8) is 0 Å². The molecule has 0 unspecified atom stereocenters. The number of hydrogen-bond acceptors (Lipinski definition) is 4. The summed E-state index contributed by atoms with van der Waals surface area (Å²) < 4.78 is 0. The maximum absolute atomic E-state index is 5.93. The Morgan fingerprint density at radius 3 is 2.24 bits per heavy atom. The molecule has 2 heterocycles. The highest BCUT2D eigenvalue weighted by atomic mass is 35.5. The second-order valence-corrected chi connectivity index (χ2v) is 5.89. The van der Waals surface area contributed by atoms with Gasteiger partial charge in [-0.2, -0.15) is 0 Å². The molecule has 0 bridgehead atoms. The van der Waals surface area contributed by atoms with E-state index < -0.39 is 0 Å². The van der Waals surface area contributed by atoms with Gasteiger partial charge in [0.2, 0.25) is 0 Å². The van der Waals surface area contributed by atoms with Crippen LogP contribution < -0.4 is 4.90 Å². The van der Waals surface area contributed by atoms with Crippen LogP contribution in [0, 0.1) is 0 Å². The summed E-state index contributed by atoms with van der Waals surface area (Å²) in [7, 11) is 0. The molecule has 3 rings (SSSR count). The van der Waals surface area contributed by atoms with Gasteiger partial charge in [0.15, 0.2) is 0 Å². The van der Waals surface area contributed by atoms with E-state index in [1.54, 1.807) is 12.4 Å². The normalized spacial score (nSPS) is 16.2. The Morgan fingerprint density at radius 1 is 0.905 bits per heavy atom. The van der Waals surface area contributed by atoms with E-state index in [0.717, 1.165) is 43.4 Å². The fourth-order valence-corrected chi connectivity index (χ4v) is 2.69. The van der Waals surface area contributed by atoms with Crippen LogP contribution in [0.1, 0.15) is 5.69 Å². The lowest BCUT2D eigenvalue weighted by Gasteiger charge is -2.35. The van der Waals surface area contributed by atoms with E-state index in [1.165, 1.54) is 5.69 Å². The Kier molecular flexibility index (Phi) is 4.58. The van der Waals surface area contributed by atoms with Crippen LogP contribution in [0.5, 0.6) is 0 Å². The molecule has 6 heteroatoms.